The highest BCUT2D eigenvalue weighted by Crippen LogP contribution is 2.24. The summed E-state index contributed by atoms with van der Waals surface area (Å²) in [6.07, 6.45) is 1.53. The SMILES string of the molecule is CCn1cc(S(=O)(=O)Nc2cc(N)c(C)cc2C)nc1C. The van der Waals surface area contributed by atoms with E-state index >= 15 is 0 Å². The standard InChI is InChI=1S/C14H20N4O2S/c1-5-18-8-14(16-11(18)4)21(19,20)17-13-7-12(15)9(2)6-10(13)3/h6-8,17H,5,15H2,1-4H3. The lowest BCUT2D eigenvalue weighted by atomic mass is 10.1. The Morgan fingerprint density at radius 3 is 2.48 bits per heavy atom. The van der Waals surface area contributed by atoms with E-state index in [9.17, 15) is 8.42 Å². The second-order valence-corrected chi connectivity index (χ2v) is 6.67. The van der Waals surface area contributed by atoms with E-state index in [4.69, 9.17) is 5.73 Å². The highest BCUT2D eigenvalue weighted by atomic mass is 32.2. The Morgan fingerprint density at radius 1 is 1.24 bits per heavy atom. The van der Waals surface area contributed by atoms with Gasteiger partial charge in [-0.2, -0.15) is 8.42 Å². The lowest BCUT2D eigenvalue weighted by molar-refractivity contribution is 0.598. The van der Waals surface area contributed by atoms with Gasteiger partial charge in [-0.05, 0) is 44.9 Å². The van der Waals surface area contributed by atoms with Crippen LogP contribution in [0.3, 0.4) is 0 Å². The highest BCUT2D eigenvalue weighted by Gasteiger charge is 2.20. The number of nitrogens with two attached hydrogens (primary N) is 1. The smallest absolute Gasteiger partial charge is 0.280 e. The second kappa shape index (κ2) is 5.40. The van der Waals surface area contributed by atoms with E-state index in [1.54, 1.807) is 17.6 Å². The van der Waals surface area contributed by atoms with Gasteiger partial charge in [0.15, 0.2) is 5.03 Å². The average molecular weight is 308 g/mol. The van der Waals surface area contributed by atoms with Gasteiger partial charge >= 0.3 is 0 Å². The van der Waals surface area contributed by atoms with Gasteiger partial charge in [0.1, 0.15) is 5.82 Å². The number of sulfonamides is 1. The Bertz CT molecular complexity index is 779. The third kappa shape index (κ3) is 3.02. The van der Waals surface area contributed by atoms with Crippen LogP contribution in [-0.4, -0.2) is 18.0 Å². The predicted octanol–water partition coefficient (Wildman–Crippen LogP) is 2.21. The van der Waals surface area contributed by atoms with Gasteiger partial charge in [-0.3, -0.25) is 4.72 Å². The van der Waals surface area contributed by atoms with Gasteiger partial charge in [0, 0.05) is 18.4 Å². The van der Waals surface area contributed by atoms with Crippen molar-refractivity contribution in [2.45, 2.75) is 39.3 Å². The third-order valence-electron chi connectivity index (χ3n) is 3.43. The molecule has 1 aromatic heterocycles. The summed E-state index contributed by atoms with van der Waals surface area (Å²) in [5.74, 6) is 0.665. The number of hydrogen-bond acceptors (Lipinski definition) is 4. The van der Waals surface area contributed by atoms with Crippen LogP contribution in [0.25, 0.3) is 0 Å². The molecular formula is C14H20N4O2S. The van der Waals surface area contributed by atoms with Crippen molar-refractivity contribution in [1.29, 1.82) is 0 Å². The van der Waals surface area contributed by atoms with Gasteiger partial charge in [0.05, 0.1) is 5.69 Å². The summed E-state index contributed by atoms with van der Waals surface area (Å²) in [6, 6.07) is 3.48. The summed E-state index contributed by atoms with van der Waals surface area (Å²) in [5, 5.41) is 0.0143. The van der Waals surface area contributed by atoms with Gasteiger partial charge in [0.25, 0.3) is 10.0 Å². The number of nitrogen functional groups attached to an aromatic ring is 1. The van der Waals surface area contributed by atoms with Gasteiger partial charge in [-0.15, -0.1) is 0 Å². The molecule has 0 amide bonds. The number of aryl methyl sites for hydroxylation is 4. The molecule has 1 heterocycles. The summed E-state index contributed by atoms with van der Waals surface area (Å²) in [6.45, 7) is 8.10. The van der Waals surface area contributed by atoms with Gasteiger partial charge in [0.2, 0.25) is 0 Å². The van der Waals surface area contributed by atoms with Crippen LogP contribution in [-0.2, 0) is 16.6 Å². The minimum absolute atomic E-state index is 0.0143. The number of rotatable bonds is 4. The fraction of sp³-hybridized carbons (Fsp3) is 0.357. The Hall–Kier alpha value is -2.02. The predicted molar refractivity (Wildman–Crippen MR) is 83.8 cm³/mol. The Labute approximate surface area is 125 Å². The van der Waals surface area contributed by atoms with Crippen LogP contribution in [0.15, 0.2) is 23.4 Å². The number of imidazole rings is 1. The van der Waals surface area contributed by atoms with Crippen LogP contribution in [0, 0.1) is 20.8 Å². The summed E-state index contributed by atoms with van der Waals surface area (Å²) < 4.78 is 29.1. The molecule has 0 saturated heterocycles. The lowest BCUT2D eigenvalue weighted by Crippen LogP contribution is -2.14. The molecule has 0 saturated carbocycles. The molecule has 0 unspecified atom stereocenters. The Morgan fingerprint density at radius 2 is 1.90 bits per heavy atom. The van der Waals surface area contributed by atoms with E-state index in [0.717, 1.165) is 11.1 Å². The molecule has 0 aliphatic carbocycles. The molecule has 21 heavy (non-hydrogen) atoms. The number of hydrogen-bond donors (Lipinski definition) is 2. The summed E-state index contributed by atoms with van der Waals surface area (Å²) in [4.78, 5) is 4.10. The van der Waals surface area contributed by atoms with E-state index < -0.39 is 10.0 Å². The second-order valence-electron chi connectivity index (χ2n) is 5.04. The van der Waals surface area contributed by atoms with Gasteiger partial charge in [-0.25, -0.2) is 4.98 Å². The zero-order valence-corrected chi connectivity index (χ0v) is 13.5. The molecule has 0 aliphatic heterocycles. The molecule has 114 valence electrons. The van der Waals surface area contributed by atoms with Crippen molar-refractivity contribution in [1.82, 2.24) is 9.55 Å². The van der Waals surface area contributed by atoms with Crippen LogP contribution >= 0.6 is 0 Å². The van der Waals surface area contributed by atoms with Crippen molar-refractivity contribution in [3.8, 4) is 0 Å². The maximum absolute atomic E-state index is 12.4. The molecule has 0 radical (unpaired) electrons. The van der Waals surface area contributed by atoms with Crippen molar-refractivity contribution in [2.75, 3.05) is 10.5 Å². The van der Waals surface area contributed by atoms with Crippen molar-refractivity contribution >= 4 is 21.4 Å². The zero-order chi connectivity index (χ0) is 15.8. The van der Waals surface area contributed by atoms with E-state index in [1.165, 1.54) is 6.20 Å². The summed E-state index contributed by atoms with van der Waals surface area (Å²) in [5.41, 5.74) is 8.60. The van der Waals surface area contributed by atoms with Gasteiger partial charge in [-0.1, -0.05) is 6.07 Å². The molecule has 0 bridgehead atoms. The van der Waals surface area contributed by atoms with Gasteiger partial charge < -0.3 is 10.3 Å². The van der Waals surface area contributed by atoms with Crippen LogP contribution < -0.4 is 10.5 Å². The summed E-state index contributed by atoms with van der Waals surface area (Å²) >= 11 is 0. The van der Waals surface area contributed by atoms with Crippen molar-refractivity contribution < 1.29 is 8.42 Å². The maximum Gasteiger partial charge on any atom is 0.280 e. The molecule has 0 aliphatic rings. The fourth-order valence-corrected chi connectivity index (χ4v) is 3.24. The van der Waals surface area contributed by atoms with Crippen LogP contribution in [0.5, 0.6) is 0 Å². The minimum atomic E-state index is -3.71. The zero-order valence-electron chi connectivity index (χ0n) is 12.6. The number of nitrogens with zero attached hydrogens (tertiary/aromatic N) is 2. The average Bonchev–Trinajstić information content (AvgIpc) is 2.78. The number of anilines is 2. The van der Waals surface area contributed by atoms with Crippen molar-refractivity contribution in [3.05, 3.63) is 35.3 Å². The van der Waals surface area contributed by atoms with Crippen LogP contribution in [0.2, 0.25) is 0 Å². The Balaban J connectivity index is 2.39. The molecule has 0 atom stereocenters. The highest BCUT2D eigenvalue weighted by molar-refractivity contribution is 7.92. The normalized spacial score (nSPS) is 11.6. The molecule has 3 N–H and O–H groups in total. The first-order valence-electron chi connectivity index (χ1n) is 6.68. The largest absolute Gasteiger partial charge is 0.398 e. The third-order valence-corrected chi connectivity index (χ3v) is 4.66. The topological polar surface area (TPSA) is 90.0 Å². The monoisotopic (exact) mass is 308 g/mol. The molecule has 0 spiro atoms. The molecule has 7 heteroatoms. The minimum Gasteiger partial charge on any atom is -0.398 e. The molecule has 2 rings (SSSR count). The molecule has 0 fully saturated rings. The maximum atomic E-state index is 12.4. The molecule has 2 aromatic rings. The first kappa shape index (κ1) is 15.4. The molecule has 6 nitrogen and oxygen atoms in total. The first-order chi connectivity index (χ1) is 9.74. The van der Waals surface area contributed by atoms with Crippen LogP contribution in [0.1, 0.15) is 23.9 Å². The fourth-order valence-electron chi connectivity index (χ4n) is 2.10. The first-order valence-corrected chi connectivity index (χ1v) is 8.16. The van der Waals surface area contributed by atoms with E-state index in [0.29, 0.717) is 23.7 Å². The van der Waals surface area contributed by atoms with E-state index in [2.05, 4.69) is 9.71 Å². The quantitative estimate of drug-likeness (QED) is 0.847. The number of aromatic nitrogens is 2. The van der Waals surface area contributed by atoms with E-state index in [-0.39, 0.29) is 5.03 Å². The van der Waals surface area contributed by atoms with Crippen molar-refractivity contribution in [2.24, 2.45) is 0 Å². The molecular weight excluding hydrogens is 288 g/mol. The lowest BCUT2D eigenvalue weighted by Gasteiger charge is -2.11. The van der Waals surface area contributed by atoms with E-state index in [1.807, 2.05) is 26.8 Å². The van der Waals surface area contributed by atoms with Crippen LogP contribution in [0.4, 0.5) is 11.4 Å². The molecule has 1 aromatic carbocycles. The summed E-state index contributed by atoms with van der Waals surface area (Å²) in [7, 11) is -3.71. The Kier molecular flexibility index (Phi) is 3.95. The van der Waals surface area contributed by atoms with Crippen molar-refractivity contribution in [3.63, 3.8) is 0 Å². The number of benzene rings is 1. The number of nitrogens with one attached hydrogen (secondary N) is 1.